The van der Waals surface area contributed by atoms with Gasteiger partial charge < -0.3 is 0 Å². The van der Waals surface area contributed by atoms with Crippen molar-refractivity contribution in [3.05, 3.63) is 102 Å². The molecule has 0 atom stereocenters. The van der Waals surface area contributed by atoms with Crippen molar-refractivity contribution in [2.45, 2.75) is 65.7 Å². The largest absolute Gasteiger partial charge is 0.264 e. The first-order valence-electron chi connectivity index (χ1n) is 11.6. The van der Waals surface area contributed by atoms with E-state index in [1.807, 2.05) is 6.20 Å². The van der Waals surface area contributed by atoms with Gasteiger partial charge in [0.15, 0.2) is 0 Å². The summed E-state index contributed by atoms with van der Waals surface area (Å²) in [6, 6.07) is 26.6. The van der Waals surface area contributed by atoms with Crippen LogP contribution in [0.3, 0.4) is 0 Å². The summed E-state index contributed by atoms with van der Waals surface area (Å²) >= 11 is 0. The predicted molar refractivity (Wildman–Crippen MR) is 129 cm³/mol. The van der Waals surface area contributed by atoms with Crippen LogP contribution in [0.15, 0.2) is 85.2 Å². The molecule has 0 bridgehead atoms. The fraction of sp³-hybridized carbons (Fsp3) is 0.414. The minimum atomic E-state index is 0.130. The molecule has 0 amide bonds. The first-order chi connectivity index (χ1) is 14.6. The minimum absolute atomic E-state index is 0.130. The molecule has 0 saturated carbocycles. The molecule has 30 heavy (non-hydrogen) atoms. The zero-order chi connectivity index (χ0) is 21.3. The molecule has 0 aliphatic heterocycles. The molecule has 3 rings (SSSR count). The highest BCUT2D eigenvalue weighted by molar-refractivity contribution is 5.25. The van der Waals surface area contributed by atoms with Gasteiger partial charge in [-0.3, -0.25) is 4.98 Å². The van der Waals surface area contributed by atoms with Crippen LogP contribution in [0, 0.1) is 10.8 Å². The maximum absolute atomic E-state index is 4.46. The standard InChI is InChI=1S/C29H37N/c1-4-18-28(3,19-5-2)29(21-25-13-8-6-9-14-25,22-26-15-10-7-11-16-26)23-27-17-12-20-30-24-27/h6-17,20,24H,4-5,18-19,21-23H2,1-3H3. The lowest BCUT2D eigenvalue weighted by Crippen LogP contribution is -2.45. The zero-order valence-corrected chi connectivity index (χ0v) is 19.0. The second kappa shape index (κ2) is 10.6. The van der Waals surface area contributed by atoms with Gasteiger partial charge in [0.25, 0.3) is 0 Å². The molecule has 158 valence electrons. The van der Waals surface area contributed by atoms with E-state index in [0.29, 0.717) is 0 Å². The molecule has 0 saturated heterocycles. The van der Waals surface area contributed by atoms with E-state index < -0.39 is 0 Å². The summed E-state index contributed by atoms with van der Waals surface area (Å²) < 4.78 is 0. The van der Waals surface area contributed by atoms with E-state index in [1.165, 1.54) is 42.4 Å². The third-order valence-corrected chi connectivity index (χ3v) is 6.92. The number of pyridine rings is 1. The Kier molecular flexibility index (Phi) is 7.85. The SMILES string of the molecule is CCCC(C)(CCC)C(Cc1ccccc1)(Cc1ccccc1)Cc1cccnc1. The van der Waals surface area contributed by atoms with Crippen LogP contribution in [-0.4, -0.2) is 4.98 Å². The average molecular weight is 400 g/mol. The topological polar surface area (TPSA) is 12.9 Å². The quantitative estimate of drug-likeness (QED) is 0.322. The summed E-state index contributed by atoms with van der Waals surface area (Å²) in [7, 11) is 0. The normalized spacial score (nSPS) is 12.1. The second-order valence-electron chi connectivity index (χ2n) is 9.20. The van der Waals surface area contributed by atoms with E-state index in [9.17, 15) is 0 Å². The van der Waals surface area contributed by atoms with Crippen LogP contribution in [0.4, 0.5) is 0 Å². The van der Waals surface area contributed by atoms with Crippen LogP contribution < -0.4 is 0 Å². The molecule has 0 radical (unpaired) electrons. The minimum Gasteiger partial charge on any atom is -0.264 e. The lowest BCUT2D eigenvalue weighted by atomic mass is 9.53. The Labute approximate surface area is 183 Å². The number of benzene rings is 2. The van der Waals surface area contributed by atoms with Crippen molar-refractivity contribution in [1.82, 2.24) is 4.98 Å². The molecule has 1 nitrogen and oxygen atoms in total. The summed E-state index contributed by atoms with van der Waals surface area (Å²) in [5, 5.41) is 0. The number of nitrogens with zero attached hydrogens (tertiary/aromatic N) is 1. The van der Waals surface area contributed by atoms with E-state index in [0.717, 1.165) is 19.3 Å². The van der Waals surface area contributed by atoms with Crippen LogP contribution in [0.25, 0.3) is 0 Å². The fourth-order valence-corrected chi connectivity index (χ4v) is 5.45. The van der Waals surface area contributed by atoms with Crippen LogP contribution in [0.5, 0.6) is 0 Å². The molecule has 1 aromatic heterocycles. The highest BCUT2D eigenvalue weighted by Crippen LogP contribution is 2.52. The van der Waals surface area contributed by atoms with Crippen molar-refractivity contribution in [2.24, 2.45) is 10.8 Å². The summed E-state index contributed by atoms with van der Waals surface area (Å²) in [4.78, 5) is 4.46. The highest BCUT2D eigenvalue weighted by Gasteiger charge is 2.46. The molecule has 0 aliphatic rings. The Morgan fingerprint density at radius 2 is 1.10 bits per heavy atom. The van der Waals surface area contributed by atoms with Crippen LogP contribution in [0.1, 0.15) is 63.1 Å². The van der Waals surface area contributed by atoms with Gasteiger partial charge in [-0.2, -0.15) is 0 Å². The monoisotopic (exact) mass is 399 g/mol. The molecule has 0 unspecified atom stereocenters. The van der Waals surface area contributed by atoms with Crippen LogP contribution in [0.2, 0.25) is 0 Å². The molecule has 0 aliphatic carbocycles. The van der Waals surface area contributed by atoms with Gasteiger partial charge >= 0.3 is 0 Å². The van der Waals surface area contributed by atoms with Gasteiger partial charge in [-0.15, -0.1) is 0 Å². The summed E-state index contributed by atoms with van der Waals surface area (Å²) in [6.07, 6.45) is 12.1. The Bertz CT molecular complexity index is 747. The lowest BCUT2D eigenvalue weighted by molar-refractivity contribution is 0.0280. The average Bonchev–Trinajstić information content (AvgIpc) is 2.76. The summed E-state index contributed by atoms with van der Waals surface area (Å²) in [5.41, 5.74) is 4.61. The highest BCUT2D eigenvalue weighted by atomic mass is 14.6. The summed E-state index contributed by atoms with van der Waals surface area (Å²) in [6.45, 7) is 7.24. The fourth-order valence-electron chi connectivity index (χ4n) is 5.45. The Morgan fingerprint density at radius 3 is 1.53 bits per heavy atom. The molecule has 1 heteroatoms. The van der Waals surface area contributed by atoms with Gasteiger partial charge in [-0.1, -0.05) is 100 Å². The van der Waals surface area contributed by atoms with E-state index in [2.05, 4.69) is 105 Å². The number of hydrogen-bond acceptors (Lipinski definition) is 1. The van der Waals surface area contributed by atoms with Crippen molar-refractivity contribution in [3.63, 3.8) is 0 Å². The third kappa shape index (κ3) is 5.39. The van der Waals surface area contributed by atoms with Crippen LogP contribution >= 0.6 is 0 Å². The Hall–Kier alpha value is -2.41. The molecule has 3 aromatic rings. The van der Waals surface area contributed by atoms with E-state index >= 15 is 0 Å². The molecule has 0 fully saturated rings. The molecule has 0 N–H and O–H groups in total. The van der Waals surface area contributed by atoms with Crippen molar-refractivity contribution in [1.29, 1.82) is 0 Å². The van der Waals surface area contributed by atoms with Gasteiger partial charge in [-0.25, -0.2) is 0 Å². The Balaban J connectivity index is 2.14. The van der Waals surface area contributed by atoms with E-state index in [4.69, 9.17) is 0 Å². The first-order valence-corrected chi connectivity index (χ1v) is 11.6. The zero-order valence-electron chi connectivity index (χ0n) is 19.0. The smallest absolute Gasteiger partial charge is 0.0300 e. The number of aromatic nitrogens is 1. The van der Waals surface area contributed by atoms with Gasteiger partial charge in [0.2, 0.25) is 0 Å². The molecular formula is C29H37N. The Morgan fingerprint density at radius 1 is 0.633 bits per heavy atom. The van der Waals surface area contributed by atoms with Crippen molar-refractivity contribution < 1.29 is 0 Å². The van der Waals surface area contributed by atoms with E-state index in [1.54, 1.807) is 0 Å². The molecule has 2 aromatic carbocycles. The van der Waals surface area contributed by atoms with E-state index in [-0.39, 0.29) is 10.8 Å². The first kappa shape index (κ1) is 22.3. The molecular weight excluding hydrogens is 362 g/mol. The van der Waals surface area contributed by atoms with Crippen LogP contribution in [-0.2, 0) is 19.3 Å². The summed E-state index contributed by atoms with van der Waals surface area (Å²) in [5.74, 6) is 0. The van der Waals surface area contributed by atoms with Gasteiger partial charge in [0, 0.05) is 12.4 Å². The lowest BCUT2D eigenvalue weighted by Gasteiger charge is -2.50. The predicted octanol–water partition coefficient (Wildman–Crippen LogP) is 7.70. The molecule has 1 heterocycles. The van der Waals surface area contributed by atoms with Crippen molar-refractivity contribution in [3.8, 4) is 0 Å². The third-order valence-electron chi connectivity index (χ3n) is 6.92. The van der Waals surface area contributed by atoms with Gasteiger partial charge in [0.1, 0.15) is 0 Å². The maximum atomic E-state index is 4.46. The van der Waals surface area contributed by atoms with Crippen molar-refractivity contribution in [2.75, 3.05) is 0 Å². The molecule has 0 spiro atoms. The number of hydrogen-bond donors (Lipinski definition) is 0. The van der Waals surface area contributed by atoms with Gasteiger partial charge in [0.05, 0.1) is 0 Å². The van der Waals surface area contributed by atoms with Gasteiger partial charge in [-0.05, 0) is 65.7 Å². The number of rotatable bonds is 11. The maximum Gasteiger partial charge on any atom is 0.0300 e. The second-order valence-corrected chi connectivity index (χ2v) is 9.20. The van der Waals surface area contributed by atoms with Crippen molar-refractivity contribution >= 4 is 0 Å².